The molecule has 1 heterocycles. The number of rotatable bonds is 4. The second-order valence-electron chi connectivity index (χ2n) is 3.42. The summed E-state index contributed by atoms with van der Waals surface area (Å²) in [7, 11) is 1.43. The van der Waals surface area contributed by atoms with Crippen molar-refractivity contribution < 1.29 is 13.9 Å². The molecule has 2 aromatic rings. The second-order valence-corrected chi connectivity index (χ2v) is 4.57. The number of aromatic nitrogens is 1. The van der Waals surface area contributed by atoms with Crippen molar-refractivity contribution in [2.45, 2.75) is 6.42 Å². The summed E-state index contributed by atoms with van der Waals surface area (Å²) in [5.74, 6) is -0.168. The summed E-state index contributed by atoms with van der Waals surface area (Å²) in [6.45, 7) is 0. The van der Waals surface area contributed by atoms with E-state index in [4.69, 9.17) is 4.74 Å². The first-order chi connectivity index (χ1) is 8.22. The van der Waals surface area contributed by atoms with Crippen LogP contribution in [0.15, 0.2) is 24.4 Å². The van der Waals surface area contributed by atoms with E-state index in [1.165, 1.54) is 30.7 Å². The van der Waals surface area contributed by atoms with Crippen molar-refractivity contribution >= 4 is 17.6 Å². The summed E-state index contributed by atoms with van der Waals surface area (Å²) < 4.78 is 18.3. The lowest BCUT2D eigenvalue weighted by Gasteiger charge is -2.03. The van der Waals surface area contributed by atoms with Gasteiger partial charge >= 0.3 is 0 Å². The maximum absolute atomic E-state index is 13.4. The van der Waals surface area contributed by atoms with Crippen LogP contribution in [0.4, 0.5) is 4.39 Å². The van der Waals surface area contributed by atoms with E-state index in [2.05, 4.69) is 4.98 Å². The number of hydrogen-bond donors (Lipinski definition) is 0. The number of hydrogen-bond acceptors (Lipinski definition) is 4. The van der Waals surface area contributed by atoms with Crippen LogP contribution in [0.5, 0.6) is 5.75 Å². The smallest absolute Gasteiger partial charge is 0.165 e. The first-order valence-corrected chi connectivity index (χ1v) is 5.77. The third-order valence-electron chi connectivity index (χ3n) is 2.26. The van der Waals surface area contributed by atoms with Crippen LogP contribution in [0, 0.1) is 5.82 Å². The van der Waals surface area contributed by atoms with E-state index in [0.29, 0.717) is 11.3 Å². The first-order valence-electron chi connectivity index (χ1n) is 4.95. The molecule has 0 bridgehead atoms. The normalized spacial score (nSPS) is 10.2. The van der Waals surface area contributed by atoms with Crippen molar-refractivity contribution in [3.8, 4) is 5.75 Å². The molecule has 0 amide bonds. The highest BCUT2D eigenvalue weighted by Gasteiger charge is 2.06. The number of nitrogens with zero attached hydrogens (tertiary/aromatic N) is 1. The van der Waals surface area contributed by atoms with Gasteiger partial charge in [0.25, 0.3) is 0 Å². The topological polar surface area (TPSA) is 39.2 Å². The van der Waals surface area contributed by atoms with Crippen LogP contribution in [0.3, 0.4) is 0 Å². The molecule has 0 aliphatic heterocycles. The molecule has 0 unspecified atom stereocenters. The van der Waals surface area contributed by atoms with Gasteiger partial charge in [0, 0.05) is 12.6 Å². The molecule has 5 heteroatoms. The monoisotopic (exact) mass is 251 g/mol. The molecular weight excluding hydrogens is 241 g/mol. The molecule has 1 aromatic carbocycles. The van der Waals surface area contributed by atoms with Gasteiger partial charge in [-0.1, -0.05) is 6.07 Å². The van der Waals surface area contributed by atoms with E-state index in [1.807, 2.05) is 0 Å². The SMILES string of the molecule is COc1ccc(Cc2ncc(C=O)s2)cc1F. The first kappa shape index (κ1) is 11.7. The molecule has 0 saturated carbocycles. The Morgan fingerprint density at radius 1 is 1.53 bits per heavy atom. The number of aldehydes is 1. The van der Waals surface area contributed by atoms with Gasteiger partial charge in [-0.3, -0.25) is 4.79 Å². The molecule has 0 spiro atoms. The summed E-state index contributed by atoms with van der Waals surface area (Å²) in [4.78, 5) is 15.2. The van der Waals surface area contributed by atoms with Crippen LogP contribution < -0.4 is 4.74 Å². The second kappa shape index (κ2) is 5.05. The molecule has 2 rings (SSSR count). The minimum Gasteiger partial charge on any atom is -0.494 e. The summed E-state index contributed by atoms with van der Waals surface area (Å²) in [6, 6.07) is 4.78. The van der Waals surface area contributed by atoms with E-state index < -0.39 is 5.82 Å². The highest BCUT2D eigenvalue weighted by atomic mass is 32.1. The third kappa shape index (κ3) is 2.68. The van der Waals surface area contributed by atoms with Crippen LogP contribution in [0.25, 0.3) is 0 Å². The number of methoxy groups -OCH3 is 1. The predicted molar refractivity (Wildman–Crippen MR) is 63.3 cm³/mol. The fourth-order valence-electron chi connectivity index (χ4n) is 1.46. The van der Waals surface area contributed by atoms with E-state index in [9.17, 15) is 9.18 Å². The molecule has 88 valence electrons. The van der Waals surface area contributed by atoms with Gasteiger partial charge in [-0.05, 0) is 17.7 Å². The van der Waals surface area contributed by atoms with Gasteiger partial charge in [-0.2, -0.15) is 0 Å². The maximum Gasteiger partial charge on any atom is 0.165 e. The van der Waals surface area contributed by atoms with Crippen LogP contribution in [-0.2, 0) is 6.42 Å². The lowest BCUT2D eigenvalue weighted by Crippen LogP contribution is -1.92. The molecule has 0 aliphatic rings. The molecule has 3 nitrogen and oxygen atoms in total. The van der Waals surface area contributed by atoms with Gasteiger partial charge in [0.2, 0.25) is 0 Å². The average molecular weight is 251 g/mol. The summed E-state index contributed by atoms with van der Waals surface area (Å²) in [6.07, 6.45) is 2.79. The number of benzene rings is 1. The van der Waals surface area contributed by atoms with E-state index in [1.54, 1.807) is 12.1 Å². The fraction of sp³-hybridized carbons (Fsp3) is 0.167. The number of carbonyl (C=O) groups is 1. The fourth-order valence-corrected chi connectivity index (χ4v) is 2.22. The van der Waals surface area contributed by atoms with Gasteiger partial charge in [0.15, 0.2) is 17.9 Å². The van der Waals surface area contributed by atoms with Gasteiger partial charge in [-0.15, -0.1) is 11.3 Å². The van der Waals surface area contributed by atoms with Crippen LogP contribution in [0.1, 0.15) is 20.2 Å². The standard InChI is InChI=1S/C12H10FNO2S/c1-16-11-3-2-8(4-10(11)13)5-12-14-6-9(7-15)17-12/h2-4,6-7H,5H2,1H3. The number of carbonyl (C=O) groups excluding carboxylic acids is 1. The van der Waals surface area contributed by atoms with E-state index in [0.717, 1.165) is 16.9 Å². The van der Waals surface area contributed by atoms with Gasteiger partial charge in [0.1, 0.15) is 0 Å². The van der Waals surface area contributed by atoms with Crippen molar-refractivity contribution in [2.75, 3.05) is 7.11 Å². The Balaban J connectivity index is 2.18. The minimum atomic E-state index is -0.392. The summed E-state index contributed by atoms with van der Waals surface area (Å²) in [5.41, 5.74) is 0.801. The summed E-state index contributed by atoms with van der Waals surface area (Å²) >= 11 is 1.31. The van der Waals surface area contributed by atoms with Crippen molar-refractivity contribution in [1.82, 2.24) is 4.98 Å². The predicted octanol–water partition coefficient (Wildman–Crippen LogP) is 2.69. The number of ether oxygens (including phenoxy) is 1. The lowest BCUT2D eigenvalue weighted by molar-refractivity contribution is 0.112. The highest BCUT2D eigenvalue weighted by molar-refractivity contribution is 7.13. The Morgan fingerprint density at radius 3 is 2.94 bits per heavy atom. The zero-order valence-electron chi connectivity index (χ0n) is 9.14. The molecule has 0 atom stereocenters. The number of halogens is 1. The minimum absolute atomic E-state index is 0.224. The maximum atomic E-state index is 13.4. The molecule has 0 saturated heterocycles. The van der Waals surface area contributed by atoms with E-state index in [-0.39, 0.29) is 5.75 Å². The van der Waals surface area contributed by atoms with Crippen molar-refractivity contribution in [3.63, 3.8) is 0 Å². The third-order valence-corrected chi connectivity index (χ3v) is 3.18. The zero-order valence-corrected chi connectivity index (χ0v) is 9.96. The molecular formula is C12H10FNO2S. The Labute approximate surface area is 102 Å². The van der Waals surface area contributed by atoms with E-state index >= 15 is 0 Å². The molecule has 17 heavy (non-hydrogen) atoms. The van der Waals surface area contributed by atoms with Crippen molar-refractivity contribution in [3.05, 3.63) is 45.7 Å². The summed E-state index contributed by atoms with van der Waals surface area (Å²) in [5, 5.41) is 0.789. The molecule has 0 aliphatic carbocycles. The molecule has 0 radical (unpaired) electrons. The Hall–Kier alpha value is -1.75. The van der Waals surface area contributed by atoms with Crippen LogP contribution in [0.2, 0.25) is 0 Å². The Kier molecular flexibility index (Phi) is 3.49. The average Bonchev–Trinajstić information content (AvgIpc) is 2.77. The van der Waals surface area contributed by atoms with Crippen LogP contribution >= 0.6 is 11.3 Å². The number of thiazole rings is 1. The Morgan fingerprint density at radius 2 is 2.35 bits per heavy atom. The quantitative estimate of drug-likeness (QED) is 0.784. The molecule has 0 N–H and O–H groups in total. The van der Waals surface area contributed by atoms with Crippen molar-refractivity contribution in [1.29, 1.82) is 0 Å². The molecule has 0 fully saturated rings. The van der Waals surface area contributed by atoms with Gasteiger partial charge < -0.3 is 4.74 Å². The van der Waals surface area contributed by atoms with Crippen molar-refractivity contribution in [2.24, 2.45) is 0 Å². The lowest BCUT2D eigenvalue weighted by atomic mass is 10.1. The Bertz CT molecular complexity index is 539. The highest BCUT2D eigenvalue weighted by Crippen LogP contribution is 2.21. The largest absolute Gasteiger partial charge is 0.494 e. The molecule has 1 aromatic heterocycles. The van der Waals surface area contributed by atoms with Gasteiger partial charge in [0.05, 0.1) is 17.0 Å². The van der Waals surface area contributed by atoms with Gasteiger partial charge in [-0.25, -0.2) is 9.37 Å². The zero-order chi connectivity index (χ0) is 12.3. The van der Waals surface area contributed by atoms with Crippen LogP contribution in [-0.4, -0.2) is 18.4 Å².